The highest BCUT2D eigenvalue weighted by molar-refractivity contribution is 7.92. The fourth-order valence-corrected chi connectivity index (χ4v) is 3.36. The standard InChI is InChI=1S/C12H8Cl2F2N2O2S/c13-6-4-5-9(10(14)12(6)17)21(19,20)18-8-3-1-2-7(15)11(8)16/h1-5,18H,17H2. The van der Waals surface area contributed by atoms with Gasteiger partial charge in [0, 0.05) is 0 Å². The molecule has 0 aliphatic rings. The van der Waals surface area contributed by atoms with Gasteiger partial charge >= 0.3 is 0 Å². The summed E-state index contributed by atoms with van der Waals surface area (Å²) in [5.41, 5.74) is 4.87. The minimum Gasteiger partial charge on any atom is -0.396 e. The van der Waals surface area contributed by atoms with Gasteiger partial charge in [0.05, 0.1) is 21.4 Å². The van der Waals surface area contributed by atoms with Crippen LogP contribution < -0.4 is 10.5 Å². The van der Waals surface area contributed by atoms with E-state index in [2.05, 4.69) is 0 Å². The van der Waals surface area contributed by atoms with Crippen LogP contribution in [0.4, 0.5) is 20.2 Å². The van der Waals surface area contributed by atoms with Crippen LogP contribution in [-0.2, 0) is 10.0 Å². The zero-order valence-corrected chi connectivity index (χ0v) is 12.5. The zero-order chi connectivity index (χ0) is 15.8. The SMILES string of the molecule is Nc1c(Cl)ccc(S(=O)(=O)Nc2cccc(F)c2F)c1Cl. The van der Waals surface area contributed by atoms with Crippen LogP contribution in [0.5, 0.6) is 0 Å². The van der Waals surface area contributed by atoms with Crippen molar-refractivity contribution in [2.45, 2.75) is 4.90 Å². The maximum atomic E-state index is 13.5. The van der Waals surface area contributed by atoms with Gasteiger partial charge in [-0.15, -0.1) is 0 Å². The van der Waals surface area contributed by atoms with Crippen molar-refractivity contribution >= 4 is 44.6 Å². The third-order valence-corrected chi connectivity index (χ3v) is 4.83. The van der Waals surface area contributed by atoms with E-state index in [0.717, 1.165) is 24.3 Å². The number of benzene rings is 2. The zero-order valence-electron chi connectivity index (χ0n) is 10.2. The van der Waals surface area contributed by atoms with Crippen molar-refractivity contribution in [2.75, 3.05) is 10.5 Å². The molecule has 0 heterocycles. The first-order valence-electron chi connectivity index (χ1n) is 5.44. The molecule has 0 amide bonds. The highest BCUT2D eigenvalue weighted by Crippen LogP contribution is 2.34. The number of nitrogens with two attached hydrogens (primary N) is 1. The molecule has 0 fully saturated rings. The van der Waals surface area contributed by atoms with Gasteiger partial charge in [0.1, 0.15) is 4.90 Å². The van der Waals surface area contributed by atoms with Crippen LogP contribution in [0.3, 0.4) is 0 Å². The Morgan fingerprint density at radius 1 is 1.10 bits per heavy atom. The summed E-state index contributed by atoms with van der Waals surface area (Å²) in [6.07, 6.45) is 0. The maximum absolute atomic E-state index is 13.5. The van der Waals surface area contributed by atoms with E-state index in [-0.39, 0.29) is 15.7 Å². The fourth-order valence-electron chi connectivity index (χ4n) is 1.54. The van der Waals surface area contributed by atoms with Crippen LogP contribution in [0.15, 0.2) is 35.2 Å². The molecule has 2 aromatic carbocycles. The molecule has 0 saturated carbocycles. The first kappa shape index (κ1) is 15.8. The van der Waals surface area contributed by atoms with Gasteiger partial charge in [-0.2, -0.15) is 0 Å². The molecule has 9 heteroatoms. The third kappa shape index (κ3) is 3.04. The van der Waals surface area contributed by atoms with Crippen molar-refractivity contribution in [2.24, 2.45) is 0 Å². The van der Waals surface area contributed by atoms with Gasteiger partial charge in [-0.25, -0.2) is 17.2 Å². The second-order valence-corrected chi connectivity index (χ2v) is 6.42. The third-order valence-electron chi connectivity index (χ3n) is 2.58. The van der Waals surface area contributed by atoms with E-state index in [1.54, 1.807) is 0 Å². The average molecular weight is 353 g/mol. The number of hydrogen-bond donors (Lipinski definition) is 2. The molecule has 0 aliphatic heterocycles. The first-order valence-corrected chi connectivity index (χ1v) is 7.68. The molecule has 2 rings (SSSR count). The predicted octanol–water partition coefficient (Wildman–Crippen LogP) is 3.65. The topological polar surface area (TPSA) is 72.2 Å². The van der Waals surface area contributed by atoms with Gasteiger partial charge in [0.15, 0.2) is 11.6 Å². The van der Waals surface area contributed by atoms with Crippen LogP contribution in [0.2, 0.25) is 10.0 Å². The molecule has 0 atom stereocenters. The van der Waals surface area contributed by atoms with Crippen LogP contribution in [0.25, 0.3) is 0 Å². The molecule has 0 unspecified atom stereocenters. The van der Waals surface area contributed by atoms with Gasteiger partial charge in [-0.1, -0.05) is 29.3 Å². The maximum Gasteiger partial charge on any atom is 0.263 e. The highest BCUT2D eigenvalue weighted by atomic mass is 35.5. The molecule has 112 valence electrons. The van der Waals surface area contributed by atoms with E-state index < -0.39 is 32.2 Å². The number of nitrogens with one attached hydrogen (secondary N) is 1. The van der Waals surface area contributed by atoms with Crippen molar-refractivity contribution < 1.29 is 17.2 Å². The summed E-state index contributed by atoms with van der Waals surface area (Å²) in [7, 11) is -4.25. The monoisotopic (exact) mass is 352 g/mol. The van der Waals surface area contributed by atoms with E-state index in [1.165, 1.54) is 6.07 Å². The molecule has 0 saturated heterocycles. The minimum absolute atomic E-state index is 0.0795. The lowest BCUT2D eigenvalue weighted by Crippen LogP contribution is -2.15. The molecule has 0 aliphatic carbocycles. The molecule has 2 aromatic rings. The van der Waals surface area contributed by atoms with Crippen LogP contribution in [0.1, 0.15) is 0 Å². The number of sulfonamides is 1. The Kier molecular flexibility index (Phi) is 4.27. The summed E-state index contributed by atoms with van der Waals surface area (Å²) in [6, 6.07) is 5.44. The molecular weight excluding hydrogens is 345 g/mol. The molecular formula is C12H8Cl2F2N2O2S. The van der Waals surface area contributed by atoms with Crippen molar-refractivity contribution in [1.29, 1.82) is 0 Å². The Labute approximate surface area is 129 Å². The van der Waals surface area contributed by atoms with Gasteiger partial charge in [-0.05, 0) is 24.3 Å². The van der Waals surface area contributed by atoms with E-state index in [9.17, 15) is 17.2 Å². The van der Waals surface area contributed by atoms with Gasteiger partial charge in [0.2, 0.25) is 0 Å². The summed E-state index contributed by atoms with van der Waals surface area (Å²) in [5.74, 6) is -2.50. The molecule has 4 nitrogen and oxygen atoms in total. The van der Waals surface area contributed by atoms with Crippen molar-refractivity contribution in [1.82, 2.24) is 0 Å². The molecule has 3 N–H and O–H groups in total. The Bertz CT molecular complexity index is 813. The number of halogens is 4. The second kappa shape index (κ2) is 5.67. The Hall–Kier alpha value is -1.57. The Morgan fingerprint density at radius 2 is 1.76 bits per heavy atom. The average Bonchev–Trinajstić information content (AvgIpc) is 2.41. The normalized spacial score (nSPS) is 11.4. The highest BCUT2D eigenvalue weighted by Gasteiger charge is 2.22. The number of nitrogen functional groups attached to an aromatic ring is 1. The summed E-state index contributed by atoms with van der Waals surface area (Å²) < 4.78 is 52.8. The van der Waals surface area contributed by atoms with Crippen molar-refractivity contribution in [3.8, 4) is 0 Å². The molecule has 0 radical (unpaired) electrons. The Balaban J connectivity index is 2.49. The molecule has 21 heavy (non-hydrogen) atoms. The van der Waals surface area contributed by atoms with E-state index >= 15 is 0 Å². The van der Waals surface area contributed by atoms with E-state index in [1.807, 2.05) is 4.72 Å². The second-order valence-electron chi connectivity index (χ2n) is 3.98. The van der Waals surface area contributed by atoms with Crippen LogP contribution in [-0.4, -0.2) is 8.42 Å². The van der Waals surface area contributed by atoms with Crippen LogP contribution >= 0.6 is 23.2 Å². The minimum atomic E-state index is -4.25. The van der Waals surface area contributed by atoms with Crippen LogP contribution in [0, 0.1) is 11.6 Å². The fraction of sp³-hybridized carbons (Fsp3) is 0. The summed E-state index contributed by atoms with van der Waals surface area (Å²) in [4.78, 5) is -0.394. The van der Waals surface area contributed by atoms with Crippen molar-refractivity contribution in [3.63, 3.8) is 0 Å². The van der Waals surface area contributed by atoms with Gasteiger partial charge in [0.25, 0.3) is 10.0 Å². The number of hydrogen-bond acceptors (Lipinski definition) is 3. The van der Waals surface area contributed by atoms with Gasteiger partial charge < -0.3 is 5.73 Å². The molecule has 0 aromatic heterocycles. The molecule has 0 bridgehead atoms. The van der Waals surface area contributed by atoms with E-state index in [0.29, 0.717) is 0 Å². The van der Waals surface area contributed by atoms with E-state index in [4.69, 9.17) is 28.9 Å². The Morgan fingerprint density at radius 3 is 2.43 bits per heavy atom. The quantitative estimate of drug-likeness (QED) is 0.828. The summed E-state index contributed by atoms with van der Waals surface area (Å²) >= 11 is 11.5. The lowest BCUT2D eigenvalue weighted by atomic mass is 10.3. The predicted molar refractivity (Wildman–Crippen MR) is 78.0 cm³/mol. The number of rotatable bonds is 3. The largest absolute Gasteiger partial charge is 0.396 e. The lowest BCUT2D eigenvalue weighted by molar-refractivity contribution is 0.511. The molecule has 0 spiro atoms. The first-order chi connectivity index (χ1) is 9.74. The number of anilines is 2. The van der Waals surface area contributed by atoms with Gasteiger partial charge in [-0.3, -0.25) is 4.72 Å². The smallest absolute Gasteiger partial charge is 0.263 e. The summed E-state index contributed by atoms with van der Waals surface area (Å²) in [5, 5.41) is -0.220. The van der Waals surface area contributed by atoms with Crippen molar-refractivity contribution in [3.05, 3.63) is 52.0 Å². The lowest BCUT2D eigenvalue weighted by Gasteiger charge is -2.12. The summed E-state index contributed by atoms with van der Waals surface area (Å²) in [6.45, 7) is 0.